The molecule has 0 aromatic heterocycles. The van der Waals surface area contributed by atoms with Crippen molar-refractivity contribution in [2.45, 2.75) is 25.8 Å². The van der Waals surface area contributed by atoms with Crippen molar-refractivity contribution in [1.82, 2.24) is 10.2 Å². The molecular formula is C28H30N4O3. The fraction of sp³-hybridized carbons (Fsp3) is 0.250. The third-order valence-corrected chi connectivity index (χ3v) is 5.95. The van der Waals surface area contributed by atoms with Gasteiger partial charge in [-0.15, -0.1) is 0 Å². The summed E-state index contributed by atoms with van der Waals surface area (Å²) < 4.78 is 0. The van der Waals surface area contributed by atoms with Crippen molar-refractivity contribution in [3.63, 3.8) is 0 Å². The van der Waals surface area contributed by atoms with Crippen LogP contribution in [0, 0.1) is 0 Å². The zero-order chi connectivity index (χ0) is 24.5. The minimum absolute atomic E-state index is 0.0430. The Kier molecular flexibility index (Phi) is 8.12. The maximum Gasteiger partial charge on any atom is 0.253 e. The molecule has 7 nitrogen and oxygen atoms in total. The summed E-state index contributed by atoms with van der Waals surface area (Å²) in [5.74, 6) is -0.313. The van der Waals surface area contributed by atoms with E-state index in [1.54, 1.807) is 48.5 Å². The summed E-state index contributed by atoms with van der Waals surface area (Å²) in [4.78, 5) is 39.1. The second kappa shape index (κ2) is 11.8. The number of carbonyl (C=O) groups is 3. The van der Waals surface area contributed by atoms with Crippen LogP contribution in [0.1, 0.15) is 45.5 Å². The van der Waals surface area contributed by atoms with Gasteiger partial charge in [-0.25, -0.2) is 0 Å². The summed E-state index contributed by atoms with van der Waals surface area (Å²) in [6.45, 7) is 2.16. The molecule has 180 valence electrons. The number of rotatable bonds is 8. The number of nitrogens with zero attached hydrogens (tertiary/aromatic N) is 1. The maximum atomic E-state index is 12.6. The highest BCUT2D eigenvalue weighted by molar-refractivity contribution is 5.97. The normalized spacial score (nSPS) is 13.1. The standard InChI is InChI=1S/C28H30N4O3/c33-26(31-25-15-11-23(12-16-25)28(35)32-17-5-2-6-18-32)20-29-24-13-9-22(10-14-24)27(34)30-19-21-7-3-1-4-8-21/h1,3-4,7-16,29H,2,5-6,17-20H2,(H,30,34)(H,31,33). The topological polar surface area (TPSA) is 90.5 Å². The van der Waals surface area contributed by atoms with Crippen LogP contribution in [0.5, 0.6) is 0 Å². The van der Waals surface area contributed by atoms with Crippen LogP contribution in [-0.4, -0.2) is 42.3 Å². The van der Waals surface area contributed by atoms with Crippen molar-refractivity contribution in [2.75, 3.05) is 30.3 Å². The smallest absolute Gasteiger partial charge is 0.253 e. The summed E-state index contributed by atoms with van der Waals surface area (Å²) in [6.07, 6.45) is 3.28. The third kappa shape index (κ3) is 6.93. The number of benzene rings is 3. The Bertz CT molecular complexity index is 1140. The Morgan fingerprint density at radius 2 is 1.34 bits per heavy atom. The zero-order valence-electron chi connectivity index (χ0n) is 19.6. The Morgan fingerprint density at radius 3 is 2.03 bits per heavy atom. The molecule has 7 heteroatoms. The first-order valence-electron chi connectivity index (χ1n) is 11.9. The van der Waals surface area contributed by atoms with Crippen LogP contribution in [0.4, 0.5) is 11.4 Å². The lowest BCUT2D eigenvalue weighted by atomic mass is 10.1. The monoisotopic (exact) mass is 470 g/mol. The van der Waals surface area contributed by atoms with Crippen molar-refractivity contribution >= 4 is 29.1 Å². The van der Waals surface area contributed by atoms with E-state index in [0.29, 0.717) is 23.4 Å². The minimum Gasteiger partial charge on any atom is -0.376 e. The fourth-order valence-corrected chi connectivity index (χ4v) is 3.98. The Morgan fingerprint density at radius 1 is 0.714 bits per heavy atom. The highest BCUT2D eigenvalue weighted by Crippen LogP contribution is 2.16. The van der Waals surface area contributed by atoms with Crippen molar-refractivity contribution in [3.8, 4) is 0 Å². The Hall–Kier alpha value is -4.13. The van der Waals surface area contributed by atoms with Gasteiger partial charge in [0.2, 0.25) is 5.91 Å². The van der Waals surface area contributed by atoms with Gasteiger partial charge in [-0.1, -0.05) is 30.3 Å². The quantitative estimate of drug-likeness (QED) is 0.458. The second-order valence-electron chi connectivity index (χ2n) is 8.58. The summed E-state index contributed by atoms with van der Waals surface area (Å²) in [7, 11) is 0. The number of anilines is 2. The van der Waals surface area contributed by atoms with E-state index in [0.717, 1.165) is 37.2 Å². The first-order valence-corrected chi connectivity index (χ1v) is 11.9. The number of likely N-dealkylation sites (tertiary alicyclic amines) is 1. The molecule has 0 spiro atoms. The molecule has 3 aromatic rings. The van der Waals surface area contributed by atoms with Gasteiger partial charge in [-0.05, 0) is 73.4 Å². The first kappa shape index (κ1) is 24.0. The number of piperidine rings is 1. The van der Waals surface area contributed by atoms with Crippen LogP contribution in [0.25, 0.3) is 0 Å². The van der Waals surface area contributed by atoms with Gasteiger partial charge in [0.1, 0.15) is 0 Å². The second-order valence-corrected chi connectivity index (χ2v) is 8.58. The van der Waals surface area contributed by atoms with Gasteiger partial charge < -0.3 is 20.9 Å². The first-order chi connectivity index (χ1) is 17.1. The van der Waals surface area contributed by atoms with Gasteiger partial charge in [-0.3, -0.25) is 14.4 Å². The molecule has 3 N–H and O–H groups in total. The van der Waals surface area contributed by atoms with E-state index < -0.39 is 0 Å². The largest absolute Gasteiger partial charge is 0.376 e. The predicted molar refractivity (Wildman–Crippen MR) is 137 cm³/mol. The molecule has 0 radical (unpaired) electrons. The molecule has 0 aliphatic carbocycles. The van der Waals surface area contributed by atoms with Crippen LogP contribution in [0.2, 0.25) is 0 Å². The Labute approximate surface area is 205 Å². The van der Waals surface area contributed by atoms with Crippen molar-refractivity contribution in [2.24, 2.45) is 0 Å². The summed E-state index contributed by atoms with van der Waals surface area (Å²) in [5.41, 5.74) is 3.60. The summed E-state index contributed by atoms with van der Waals surface area (Å²) >= 11 is 0. The fourth-order valence-electron chi connectivity index (χ4n) is 3.98. The van der Waals surface area contributed by atoms with Crippen LogP contribution >= 0.6 is 0 Å². The van der Waals surface area contributed by atoms with E-state index in [1.165, 1.54) is 6.42 Å². The van der Waals surface area contributed by atoms with Crippen LogP contribution in [0.15, 0.2) is 78.9 Å². The van der Waals surface area contributed by atoms with E-state index in [-0.39, 0.29) is 24.3 Å². The maximum absolute atomic E-state index is 12.6. The number of amides is 3. The van der Waals surface area contributed by atoms with Gasteiger partial charge in [0.05, 0.1) is 6.54 Å². The molecule has 0 bridgehead atoms. The van der Waals surface area contributed by atoms with Gasteiger partial charge >= 0.3 is 0 Å². The van der Waals surface area contributed by atoms with Gasteiger partial charge in [0.15, 0.2) is 0 Å². The lowest BCUT2D eigenvalue weighted by molar-refractivity contribution is -0.114. The molecule has 1 aliphatic heterocycles. The molecule has 0 unspecified atom stereocenters. The minimum atomic E-state index is -0.204. The molecule has 1 heterocycles. The molecule has 35 heavy (non-hydrogen) atoms. The van der Waals surface area contributed by atoms with Crippen molar-refractivity contribution in [1.29, 1.82) is 0 Å². The number of hydrogen-bond donors (Lipinski definition) is 3. The average molecular weight is 471 g/mol. The average Bonchev–Trinajstić information content (AvgIpc) is 2.92. The van der Waals surface area contributed by atoms with Gasteiger partial charge in [-0.2, -0.15) is 0 Å². The Balaban J connectivity index is 1.22. The van der Waals surface area contributed by atoms with Crippen molar-refractivity contribution < 1.29 is 14.4 Å². The molecule has 4 rings (SSSR count). The van der Waals surface area contributed by atoms with Crippen molar-refractivity contribution in [3.05, 3.63) is 95.6 Å². The zero-order valence-corrected chi connectivity index (χ0v) is 19.6. The molecule has 1 fully saturated rings. The molecule has 0 atom stereocenters. The molecule has 3 amide bonds. The lowest BCUT2D eigenvalue weighted by Gasteiger charge is -2.26. The molecule has 1 aliphatic rings. The predicted octanol–water partition coefficient (Wildman–Crippen LogP) is 4.29. The molecule has 0 saturated carbocycles. The lowest BCUT2D eigenvalue weighted by Crippen LogP contribution is -2.35. The van der Waals surface area contributed by atoms with Crippen LogP contribution < -0.4 is 16.0 Å². The van der Waals surface area contributed by atoms with E-state index in [4.69, 9.17) is 0 Å². The number of carbonyl (C=O) groups excluding carboxylic acids is 3. The highest BCUT2D eigenvalue weighted by atomic mass is 16.2. The van der Waals surface area contributed by atoms with E-state index in [1.807, 2.05) is 35.2 Å². The molecule has 3 aromatic carbocycles. The highest BCUT2D eigenvalue weighted by Gasteiger charge is 2.18. The summed E-state index contributed by atoms with van der Waals surface area (Å²) in [6, 6.07) is 23.7. The molecule has 1 saturated heterocycles. The van der Waals surface area contributed by atoms with E-state index in [2.05, 4.69) is 16.0 Å². The van der Waals surface area contributed by atoms with Gasteiger partial charge in [0, 0.05) is 42.1 Å². The number of nitrogens with one attached hydrogen (secondary N) is 3. The third-order valence-electron chi connectivity index (χ3n) is 5.95. The van der Waals surface area contributed by atoms with E-state index in [9.17, 15) is 14.4 Å². The SMILES string of the molecule is O=C(CNc1ccc(C(=O)NCc2ccccc2)cc1)Nc1ccc(C(=O)N2CCCCC2)cc1. The van der Waals surface area contributed by atoms with Crippen LogP contribution in [0.3, 0.4) is 0 Å². The number of hydrogen-bond acceptors (Lipinski definition) is 4. The van der Waals surface area contributed by atoms with Gasteiger partial charge in [0.25, 0.3) is 11.8 Å². The summed E-state index contributed by atoms with van der Waals surface area (Å²) in [5, 5.41) is 8.78. The van der Waals surface area contributed by atoms with Crippen LogP contribution in [-0.2, 0) is 11.3 Å². The molecular weight excluding hydrogens is 440 g/mol. The van der Waals surface area contributed by atoms with E-state index >= 15 is 0 Å².